The van der Waals surface area contributed by atoms with Gasteiger partial charge in [-0.1, -0.05) is 24.3 Å². The smallest absolute Gasteiger partial charge is 0.335 e. The third-order valence-electron chi connectivity index (χ3n) is 7.62. The average Bonchev–Trinajstić information content (AvgIpc) is 3.34. The maximum Gasteiger partial charge on any atom is 0.335 e. The van der Waals surface area contributed by atoms with Crippen molar-refractivity contribution in [1.29, 1.82) is 5.41 Å². The second kappa shape index (κ2) is 11.0. The van der Waals surface area contributed by atoms with Gasteiger partial charge in [-0.05, 0) is 60.9 Å². The van der Waals surface area contributed by atoms with E-state index < -0.39 is 22.0 Å². The normalized spacial score (nSPS) is 20.8. The van der Waals surface area contributed by atoms with E-state index in [2.05, 4.69) is 0 Å². The third kappa shape index (κ3) is 6.11. The highest BCUT2D eigenvalue weighted by molar-refractivity contribution is 7.88. The Hall–Kier alpha value is -3.57. The van der Waals surface area contributed by atoms with E-state index in [-0.39, 0.29) is 41.3 Å². The Kier molecular flexibility index (Phi) is 7.98. The fourth-order valence-electron chi connectivity index (χ4n) is 5.46. The minimum atomic E-state index is -3.26. The van der Waals surface area contributed by atoms with Gasteiger partial charge in [-0.3, -0.25) is 15.0 Å². The van der Waals surface area contributed by atoms with Crippen molar-refractivity contribution in [3.05, 3.63) is 70.8 Å². The third-order valence-corrected chi connectivity index (χ3v) is 8.93. The van der Waals surface area contributed by atoms with E-state index in [1.54, 1.807) is 41.3 Å². The van der Waals surface area contributed by atoms with E-state index in [1.807, 2.05) is 0 Å². The number of amidine groups is 1. The molecule has 11 heteroatoms. The number of ketones is 1. The number of aromatic carboxylic acids is 1. The van der Waals surface area contributed by atoms with Crippen LogP contribution in [0.15, 0.2) is 48.5 Å². The molecule has 0 bridgehead atoms. The molecule has 0 aromatic heterocycles. The fraction of sp³-hybridized carbons (Fsp3) is 0.407. The number of amides is 1. The number of sulfonamides is 1. The molecule has 1 amide bonds. The maximum atomic E-state index is 13.6. The standard InChI is InChI=1S/C27H32N4O6S/c1-38(36,37)30-12-10-18(11-13-30)22-15-23(24(32)14-17-2-4-21(5-3-17)27(34)35)31(16-22)26(33)20-8-6-19(7-9-20)25(28)29/h2-9,18,22-23H,10-16H2,1H3,(H3,28,29)(H,34,35)/t22-,23-/m0/s1. The van der Waals surface area contributed by atoms with Gasteiger partial charge in [0.25, 0.3) is 5.91 Å². The second-order valence-electron chi connectivity index (χ2n) is 10.1. The molecule has 2 aromatic carbocycles. The number of carboxylic acids is 1. The van der Waals surface area contributed by atoms with Crippen LogP contribution in [-0.2, 0) is 21.2 Å². The molecular weight excluding hydrogens is 508 g/mol. The van der Waals surface area contributed by atoms with Crippen molar-refractivity contribution < 1.29 is 27.9 Å². The van der Waals surface area contributed by atoms with E-state index in [0.717, 1.165) is 0 Å². The first-order valence-corrected chi connectivity index (χ1v) is 14.3. The predicted octanol–water partition coefficient (Wildman–Crippen LogP) is 1.98. The van der Waals surface area contributed by atoms with E-state index >= 15 is 0 Å². The Morgan fingerprint density at radius 2 is 1.50 bits per heavy atom. The predicted molar refractivity (Wildman–Crippen MR) is 142 cm³/mol. The number of benzene rings is 2. The van der Waals surface area contributed by atoms with Gasteiger partial charge in [0.05, 0.1) is 17.9 Å². The number of rotatable bonds is 8. The van der Waals surface area contributed by atoms with Crippen LogP contribution in [0.25, 0.3) is 0 Å². The quantitative estimate of drug-likeness (QED) is 0.341. The Bertz CT molecular complexity index is 1330. The summed E-state index contributed by atoms with van der Waals surface area (Å²) in [7, 11) is -3.26. The number of hydrogen-bond acceptors (Lipinski definition) is 6. The van der Waals surface area contributed by atoms with E-state index in [0.29, 0.717) is 55.6 Å². The lowest BCUT2D eigenvalue weighted by Crippen LogP contribution is -2.41. The van der Waals surface area contributed by atoms with Crippen LogP contribution in [0.3, 0.4) is 0 Å². The first kappa shape index (κ1) is 27.5. The van der Waals surface area contributed by atoms with Crippen LogP contribution in [0.2, 0.25) is 0 Å². The van der Waals surface area contributed by atoms with Gasteiger partial charge in [0.2, 0.25) is 10.0 Å². The van der Waals surface area contributed by atoms with Crippen LogP contribution < -0.4 is 5.73 Å². The summed E-state index contributed by atoms with van der Waals surface area (Å²) < 4.78 is 25.3. The second-order valence-corrected chi connectivity index (χ2v) is 12.1. The monoisotopic (exact) mass is 540 g/mol. The first-order chi connectivity index (χ1) is 17.9. The molecule has 38 heavy (non-hydrogen) atoms. The van der Waals surface area contributed by atoms with Crippen LogP contribution in [0.1, 0.15) is 51.1 Å². The highest BCUT2D eigenvalue weighted by Crippen LogP contribution is 2.36. The van der Waals surface area contributed by atoms with Crippen molar-refractivity contribution in [3.63, 3.8) is 0 Å². The minimum Gasteiger partial charge on any atom is -0.478 e. The van der Waals surface area contributed by atoms with Gasteiger partial charge in [0.15, 0.2) is 5.78 Å². The van der Waals surface area contributed by atoms with Crippen LogP contribution in [0.4, 0.5) is 0 Å². The highest BCUT2D eigenvalue weighted by Gasteiger charge is 2.43. The molecule has 2 aliphatic heterocycles. The molecule has 0 saturated carbocycles. The summed E-state index contributed by atoms with van der Waals surface area (Å²) in [6, 6.07) is 11.9. The number of hydrogen-bond donors (Lipinski definition) is 3. The summed E-state index contributed by atoms with van der Waals surface area (Å²) in [5.41, 5.74) is 7.22. The molecule has 2 aliphatic rings. The lowest BCUT2D eigenvalue weighted by molar-refractivity contribution is -0.122. The number of likely N-dealkylation sites (tertiary alicyclic amines) is 1. The molecule has 2 aromatic rings. The molecule has 2 fully saturated rings. The number of nitrogens with two attached hydrogens (primary N) is 1. The van der Waals surface area contributed by atoms with Crippen molar-refractivity contribution in [2.75, 3.05) is 25.9 Å². The molecule has 4 N–H and O–H groups in total. The van der Waals surface area contributed by atoms with Gasteiger partial charge in [-0.15, -0.1) is 0 Å². The zero-order valence-corrected chi connectivity index (χ0v) is 22.0. The van der Waals surface area contributed by atoms with Crippen LogP contribution in [0, 0.1) is 17.2 Å². The topological polar surface area (TPSA) is 162 Å². The van der Waals surface area contributed by atoms with Crippen molar-refractivity contribution in [2.45, 2.75) is 31.7 Å². The Morgan fingerprint density at radius 3 is 2.03 bits per heavy atom. The summed E-state index contributed by atoms with van der Waals surface area (Å²) >= 11 is 0. The molecule has 0 spiro atoms. The van der Waals surface area contributed by atoms with Gasteiger partial charge < -0.3 is 15.7 Å². The largest absolute Gasteiger partial charge is 0.478 e. The molecule has 2 atom stereocenters. The summed E-state index contributed by atoms with van der Waals surface area (Å²) in [5, 5.41) is 16.7. The van der Waals surface area contributed by atoms with Gasteiger partial charge in [-0.2, -0.15) is 0 Å². The van der Waals surface area contributed by atoms with Gasteiger partial charge >= 0.3 is 5.97 Å². The van der Waals surface area contributed by atoms with Crippen molar-refractivity contribution in [3.8, 4) is 0 Å². The maximum absolute atomic E-state index is 13.6. The number of nitrogens with one attached hydrogen (secondary N) is 1. The Labute approximate surface area is 222 Å². The van der Waals surface area contributed by atoms with Crippen molar-refractivity contribution in [2.24, 2.45) is 17.6 Å². The molecule has 2 saturated heterocycles. The van der Waals surface area contributed by atoms with Crippen LogP contribution in [0.5, 0.6) is 0 Å². The summed E-state index contributed by atoms with van der Waals surface area (Å²) in [5.74, 6) is -1.31. The number of Topliss-reactive ketones (excluding diaryl/α,β-unsaturated/α-hetero) is 1. The highest BCUT2D eigenvalue weighted by atomic mass is 32.2. The van der Waals surface area contributed by atoms with Crippen LogP contribution in [-0.4, -0.2) is 78.2 Å². The molecule has 0 aliphatic carbocycles. The fourth-order valence-corrected chi connectivity index (χ4v) is 6.33. The number of carbonyl (C=O) groups excluding carboxylic acids is 2. The molecule has 202 valence electrons. The van der Waals surface area contributed by atoms with Gasteiger partial charge in [0.1, 0.15) is 5.84 Å². The first-order valence-electron chi connectivity index (χ1n) is 12.5. The number of nitrogen functional groups attached to an aromatic ring is 1. The summed E-state index contributed by atoms with van der Waals surface area (Å²) in [6.45, 7) is 1.25. The van der Waals surface area contributed by atoms with E-state index in [9.17, 15) is 22.8 Å². The number of carbonyl (C=O) groups is 3. The van der Waals surface area contributed by atoms with Crippen LogP contribution >= 0.6 is 0 Å². The molecule has 10 nitrogen and oxygen atoms in total. The Morgan fingerprint density at radius 1 is 0.947 bits per heavy atom. The van der Waals surface area contributed by atoms with E-state index in [4.69, 9.17) is 16.2 Å². The lowest BCUT2D eigenvalue weighted by atomic mass is 9.83. The van der Waals surface area contributed by atoms with Crippen molar-refractivity contribution in [1.82, 2.24) is 9.21 Å². The SMILES string of the molecule is CS(=O)(=O)N1CCC([C@H]2C[C@@H](C(=O)Cc3ccc(C(=O)O)cc3)N(C(=O)c3ccc(C(=N)N)cc3)C2)CC1. The molecule has 2 heterocycles. The molecule has 0 unspecified atom stereocenters. The van der Waals surface area contributed by atoms with Crippen molar-refractivity contribution >= 4 is 33.5 Å². The molecule has 4 rings (SSSR count). The summed E-state index contributed by atoms with van der Waals surface area (Å²) in [4.78, 5) is 39.8. The number of nitrogens with zero attached hydrogens (tertiary/aromatic N) is 2. The average molecular weight is 541 g/mol. The molecular formula is C27H32N4O6S. The Balaban J connectivity index is 1.54. The number of piperidine rings is 1. The minimum absolute atomic E-state index is 0.0560. The molecule has 0 radical (unpaired) electrons. The van der Waals surface area contributed by atoms with Gasteiger partial charge in [0, 0.05) is 37.2 Å². The van der Waals surface area contributed by atoms with Gasteiger partial charge in [-0.25, -0.2) is 17.5 Å². The zero-order chi connectivity index (χ0) is 27.6. The zero-order valence-electron chi connectivity index (χ0n) is 21.2. The number of carboxylic acid groups (broad SMARTS) is 1. The summed E-state index contributed by atoms with van der Waals surface area (Å²) in [6.07, 6.45) is 3.11. The van der Waals surface area contributed by atoms with E-state index in [1.165, 1.54) is 22.7 Å². The lowest BCUT2D eigenvalue weighted by Gasteiger charge is -2.33.